The van der Waals surface area contributed by atoms with E-state index < -0.39 is 5.41 Å². The number of aliphatic hydroxyl groups excluding tert-OH is 2. The summed E-state index contributed by atoms with van der Waals surface area (Å²) in [7, 11) is 3.20. The lowest BCUT2D eigenvalue weighted by atomic mass is 9.93. The van der Waals surface area contributed by atoms with Crippen LogP contribution in [0, 0.1) is 5.41 Å². The second kappa shape index (κ2) is 7.33. The number of ether oxygens (including phenoxy) is 2. The van der Waals surface area contributed by atoms with Gasteiger partial charge in [-0.1, -0.05) is 13.0 Å². The normalized spacial score (nSPS) is 11.4. The lowest BCUT2D eigenvalue weighted by Gasteiger charge is -2.24. The highest BCUT2D eigenvalue weighted by Crippen LogP contribution is 2.27. The van der Waals surface area contributed by atoms with E-state index in [1.165, 1.54) is 0 Å². The van der Waals surface area contributed by atoms with E-state index in [2.05, 4.69) is 5.32 Å². The van der Waals surface area contributed by atoms with E-state index in [9.17, 15) is 10.2 Å². The summed E-state index contributed by atoms with van der Waals surface area (Å²) in [6.07, 6.45) is 0. The van der Waals surface area contributed by atoms with E-state index in [-0.39, 0.29) is 13.2 Å². The zero-order valence-corrected chi connectivity index (χ0v) is 11.8. The number of hydrogen-bond acceptors (Lipinski definition) is 5. The van der Waals surface area contributed by atoms with Crippen molar-refractivity contribution >= 4 is 0 Å². The van der Waals surface area contributed by atoms with Gasteiger partial charge in [-0.2, -0.15) is 0 Å². The van der Waals surface area contributed by atoms with Gasteiger partial charge in [0.1, 0.15) is 0 Å². The summed E-state index contributed by atoms with van der Waals surface area (Å²) in [5, 5.41) is 21.6. The minimum atomic E-state index is -0.503. The first kappa shape index (κ1) is 15.8. The van der Waals surface area contributed by atoms with E-state index in [1.807, 2.05) is 25.1 Å². The molecule has 0 saturated carbocycles. The second-order valence-electron chi connectivity index (χ2n) is 4.92. The molecule has 0 amide bonds. The Hall–Kier alpha value is -1.30. The van der Waals surface area contributed by atoms with Gasteiger partial charge in [0.25, 0.3) is 0 Å². The first-order valence-electron chi connectivity index (χ1n) is 6.22. The van der Waals surface area contributed by atoms with Crippen molar-refractivity contribution in [3.05, 3.63) is 23.8 Å². The number of benzene rings is 1. The van der Waals surface area contributed by atoms with Crippen LogP contribution in [-0.4, -0.2) is 44.2 Å². The Kier molecular flexibility index (Phi) is 6.08. The fourth-order valence-corrected chi connectivity index (χ4v) is 1.66. The minimum Gasteiger partial charge on any atom is -0.493 e. The van der Waals surface area contributed by atoms with Gasteiger partial charge in [-0.05, 0) is 17.7 Å². The van der Waals surface area contributed by atoms with Crippen LogP contribution >= 0.6 is 0 Å². The molecule has 0 bridgehead atoms. The molecule has 1 aromatic rings. The van der Waals surface area contributed by atoms with Gasteiger partial charge in [0.05, 0.1) is 27.4 Å². The van der Waals surface area contributed by atoms with Gasteiger partial charge < -0.3 is 25.0 Å². The molecular weight excluding hydrogens is 246 g/mol. The van der Waals surface area contributed by atoms with Crippen LogP contribution in [0.15, 0.2) is 18.2 Å². The molecule has 0 fully saturated rings. The molecule has 108 valence electrons. The highest BCUT2D eigenvalue weighted by atomic mass is 16.5. The van der Waals surface area contributed by atoms with Crippen LogP contribution in [0.4, 0.5) is 0 Å². The molecule has 0 aliphatic carbocycles. The summed E-state index contributed by atoms with van der Waals surface area (Å²) in [6.45, 7) is 2.89. The van der Waals surface area contributed by atoms with Crippen LogP contribution in [-0.2, 0) is 6.54 Å². The largest absolute Gasteiger partial charge is 0.493 e. The molecular formula is C14H23NO4. The third kappa shape index (κ3) is 4.38. The van der Waals surface area contributed by atoms with Crippen LogP contribution in [0.25, 0.3) is 0 Å². The van der Waals surface area contributed by atoms with Gasteiger partial charge >= 0.3 is 0 Å². The molecule has 0 spiro atoms. The third-order valence-corrected chi connectivity index (χ3v) is 3.09. The Morgan fingerprint density at radius 1 is 1.11 bits per heavy atom. The second-order valence-corrected chi connectivity index (χ2v) is 4.92. The van der Waals surface area contributed by atoms with Gasteiger partial charge in [0.15, 0.2) is 11.5 Å². The summed E-state index contributed by atoms with van der Waals surface area (Å²) in [5.74, 6) is 1.38. The molecule has 0 aromatic heterocycles. The van der Waals surface area contributed by atoms with E-state index in [1.54, 1.807) is 14.2 Å². The molecule has 5 nitrogen and oxygen atoms in total. The zero-order valence-electron chi connectivity index (χ0n) is 11.8. The van der Waals surface area contributed by atoms with Crippen LogP contribution in [0.1, 0.15) is 12.5 Å². The predicted molar refractivity (Wildman–Crippen MR) is 73.5 cm³/mol. The lowest BCUT2D eigenvalue weighted by molar-refractivity contribution is 0.0695. The van der Waals surface area contributed by atoms with Crippen LogP contribution in [0.2, 0.25) is 0 Å². The molecule has 3 N–H and O–H groups in total. The van der Waals surface area contributed by atoms with Gasteiger partial charge in [-0.15, -0.1) is 0 Å². The molecule has 0 unspecified atom stereocenters. The monoisotopic (exact) mass is 269 g/mol. The third-order valence-electron chi connectivity index (χ3n) is 3.09. The van der Waals surface area contributed by atoms with Crippen molar-refractivity contribution in [2.75, 3.05) is 34.0 Å². The standard InChI is InChI=1S/C14H23NO4/c1-14(9-16,10-17)8-15-7-11-4-5-12(18-2)13(6-11)19-3/h4-6,15-17H,7-10H2,1-3H3. The van der Waals surface area contributed by atoms with Gasteiger partial charge in [-0.3, -0.25) is 0 Å². The Labute approximate surface area is 114 Å². The molecule has 5 heteroatoms. The number of rotatable bonds is 8. The predicted octanol–water partition coefficient (Wildman–Crippen LogP) is 0.784. The Morgan fingerprint density at radius 3 is 2.26 bits per heavy atom. The fraction of sp³-hybridized carbons (Fsp3) is 0.571. The molecule has 1 aromatic carbocycles. The van der Waals surface area contributed by atoms with Crippen molar-refractivity contribution in [2.45, 2.75) is 13.5 Å². The quantitative estimate of drug-likeness (QED) is 0.651. The van der Waals surface area contributed by atoms with Crippen molar-refractivity contribution in [2.24, 2.45) is 5.41 Å². The van der Waals surface area contributed by atoms with E-state index in [0.29, 0.717) is 24.6 Å². The molecule has 0 aliphatic heterocycles. The average Bonchev–Trinajstić information content (AvgIpc) is 2.46. The zero-order chi connectivity index (χ0) is 14.3. The average molecular weight is 269 g/mol. The van der Waals surface area contributed by atoms with Crippen LogP contribution < -0.4 is 14.8 Å². The lowest BCUT2D eigenvalue weighted by Crippen LogP contribution is -2.37. The summed E-state index contributed by atoms with van der Waals surface area (Å²) in [6, 6.07) is 5.71. The highest BCUT2D eigenvalue weighted by Gasteiger charge is 2.21. The summed E-state index contributed by atoms with van der Waals surface area (Å²) in [4.78, 5) is 0. The number of methoxy groups -OCH3 is 2. The number of nitrogens with one attached hydrogen (secondary N) is 1. The Morgan fingerprint density at radius 2 is 1.74 bits per heavy atom. The summed E-state index contributed by atoms with van der Waals surface area (Å²) < 4.78 is 10.4. The van der Waals surface area contributed by atoms with Gasteiger partial charge in [0.2, 0.25) is 0 Å². The SMILES string of the molecule is COc1ccc(CNCC(C)(CO)CO)cc1OC. The van der Waals surface area contributed by atoms with Crippen molar-refractivity contribution in [1.82, 2.24) is 5.32 Å². The molecule has 0 heterocycles. The maximum atomic E-state index is 9.20. The summed E-state index contributed by atoms with van der Waals surface area (Å²) in [5.41, 5.74) is 0.548. The van der Waals surface area contributed by atoms with Crippen LogP contribution in [0.5, 0.6) is 11.5 Å². The van der Waals surface area contributed by atoms with E-state index in [4.69, 9.17) is 9.47 Å². The van der Waals surface area contributed by atoms with Crippen LogP contribution in [0.3, 0.4) is 0 Å². The number of hydrogen-bond donors (Lipinski definition) is 3. The fourth-order valence-electron chi connectivity index (χ4n) is 1.66. The first-order valence-corrected chi connectivity index (χ1v) is 6.22. The highest BCUT2D eigenvalue weighted by molar-refractivity contribution is 5.42. The smallest absolute Gasteiger partial charge is 0.161 e. The van der Waals surface area contributed by atoms with E-state index >= 15 is 0 Å². The van der Waals surface area contributed by atoms with Gasteiger partial charge in [0, 0.05) is 18.5 Å². The minimum absolute atomic E-state index is 0.0531. The topological polar surface area (TPSA) is 71.0 Å². The number of aliphatic hydroxyl groups is 2. The first-order chi connectivity index (χ1) is 9.08. The van der Waals surface area contributed by atoms with Crippen molar-refractivity contribution in [3.8, 4) is 11.5 Å². The summed E-state index contributed by atoms with van der Waals surface area (Å²) >= 11 is 0. The maximum Gasteiger partial charge on any atom is 0.161 e. The molecule has 1 rings (SSSR count). The Balaban J connectivity index is 2.59. The maximum absolute atomic E-state index is 9.20. The van der Waals surface area contributed by atoms with E-state index in [0.717, 1.165) is 5.56 Å². The van der Waals surface area contributed by atoms with Crippen molar-refractivity contribution < 1.29 is 19.7 Å². The van der Waals surface area contributed by atoms with Crippen molar-refractivity contribution in [1.29, 1.82) is 0 Å². The van der Waals surface area contributed by atoms with Gasteiger partial charge in [-0.25, -0.2) is 0 Å². The molecule has 0 aliphatic rings. The Bertz CT molecular complexity index is 391. The molecule has 19 heavy (non-hydrogen) atoms. The van der Waals surface area contributed by atoms with Crippen molar-refractivity contribution in [3.63, 3.8) is 0 Å². The molecule has 0 radical (unpaired) electrons. The molecule has 0 saturated heterocycles. The molecule has 0 atom stereocenters.